The predicted octanol–water partition coefficient (Wildman–Crippen LogP) is 2.00. The fourth-order valence-electron chi connectivity index (χ4n) is 4.27. The quantitative estimate of drug-likeness (QED) is 0.652. The number of unbranched alkanes of at least 4 members (excludes halogenated alkanes) is 1. The summed E-state index contributed by atoms with van der Waals surface area (Å²) in [6, 6.07) is 3.98. The highest BCUT2D eigenvalue weighted by atomic mass is 16.4. The molecular weight excluding hydrogens is 384 g/mol. The molecule has 3 rings (SSSR count). The Hall–Kier alpha value is -2.64. The number of rotatable bonds is 8. The molecule has 2 aliphatic rings. The van der Waals surface area contributed by atoms with Gasteiger partial charge in [0.05, 0.1) is 0 Å². The van der Waals surface area contributed by atoms with Gasteiger partial charge in [0.1, 0.15) is 0 Å². The number of pyridine rings is 1. The van der Waals surface area contributed by atoms with Gasteiger partial charge in [-0.2, -0.15) is 0 Å². The van der Waals surface area contributed by atoms with Crippen molar-refractivity contribution in [1.29, 1.82) is 0 Å². The molecule has 30 heavy (non-hydrogen) atoms. The molecule has 1 aromatic heterocycles. The Balaban J connectivity index is 1.28. The number of carbonyl (C=O) groups excluding carboxylic acids is 2. The molecule has 1 N–H and O–H groups in total. The highest BCUT2D eigenvalue weighted by molar-refractivity contribution is 5.77. The van der Waals surface area contributed by atoms with Crippen LogP contribution in [0.3, 0.4) is 0 Å². The maximum Gasteiger partial charge on any atom is 0.303 e. The van der Waals surface area contributed by atoms with Gasteiger partial charge in [-0.05, 0) is 43.7 Å². The first-order valence-corrected chi connectivity index (χ1v) is 10.9. The van der Waals surface area contributed by atoms with Crippen molar-refractivity contribution in [1.82, 2.24) is 14.8 Å². The number of piperidine rings is 1. The van der Waals surface area contributed by atoms with Crippen molar-refractivity contribution >= 4 is 23.5 Å². The van der Waals surface area contributed by atoms with Crippen LogP contribution in [0.2, 0.25) is 0 Å². The predicted molar refractivity (Wildman–Crippen MR) is 113 cm³/mol. The van der Waals surface area contributed by atoms with Crippen LogP contribution in [0, 0.1) is 5.92 Å². The molecule has 1 aromatic rings. The van der Waals surface area contributed by atoms with E-state index in [-0.39, 0.29) is 24.2 Å². The van der Waals surface area contributed by atoms with Gasteiger partial charge in [-0.25, -0.2) is 0 Å². The second-order valence-electron chi connectivity index (χ2n) is 8.20. The Morgan fingerprint density at radius 2 is 1.40 bits per heavy atom. The molecule has 0 unspecified atom stereocenters. The number of hydrogen-bond donors (Lipinski definition) is 1. The van der Waals surface area contributed by atoms with Crippen molar-refractivity contribution in [2.45, 2.75) is 44.9 Å². The first kappa shape index (κ1) is 22.1. The van der Waals surface area contributed by atoms with Crippen molar-refractivity contribution in [3.8, 4) is 0 Å². The molecule has 3 heterocycles. The zero-order valence-corrected chi connectivity index (χ0v) is 17.5. The van der Waals surface area contributed by atoms with E-state index in [1.807, 2.05) is 21.9 Å². The number of carboxylic acids is 1. The summed E-state index contributed by atoms with van der Waals surface area (Å²) in [5, 5.41) is 8.87. The summed E-state index contributed by atoms with van der Waals surface area (Å²) >= 11 is 0. The second-order valence-corrected chi connectivity index (χ2v) is 8.20. The Labute approximate surface area is 177 Å². The molecule has 0 atom stereocenters. The fourth-order valence-corrected chi connectivity index (χ4v) is 4.27. The first-order chi connectivity index (χ1) is 14.5. The van der Waals surface area contributed by atoms with E-state index in [0.29, 0.717) is 25.9 Å². The lowest BCUT2D eigenvalue weighted by Gasteiger charge is -2.36. The number of carbonyl (C=O) groups is 3. The highest BCUT2D eigenvalue weighted by Crippen LogP contribution is 2.21. The van der Waals surface area contributed by atoms with E-state index in [0.717, 1.165) is 57.5 Å². The molecule has 0 saturated carbocycles. The van der Waals surface area contributed by atoms with E-state index in [2.05, 4.69) is 9.88 Å². The molecular formula is C22H32N4O4. The number of aliphatic carboxylic acids is 1. The van der Waals surface area contributed by atoms with Gasteiger partial charge in [0.15, 0.2) is 0 Å². The molecule has 0 radical (unpaired) electrons. The molecule has 164 valence electrons. The first-order valence-electron chi connectivity index (χ1n) is 10.9. The summed E-state index contributed by atoms with van der Waals surface area (Å²) < 4.78 is 0. The lowest BCUT2D eigenvalue weighted by molar-refractivity contribution is -0.139. The third-order valence-corrected chi connectivity index (χ3v) is 6.12. The maximum atomic E-state index is 12.5. The Kier molecular flexibility index (Phi) is 8.04. The maximum absolute atomic E-state index is 12.5. The van der Waals surface area contributed by atoms with Gasteiger partial charge in [0.25, 0.3) is 0 Å². The van der Waals surface area contributed by atoms with Gasteiger partial charge < -0.3 is 19.8 Å². The largest absolute Gasteiger partial charge is 0.481 e. The number of amides is 2. The molecule has 8 heteroatoms. The van der Waals surface area contributed by atoms with Gasteiger partial charge in [0.2, 0.25) is 11.8 Å². The van der Waals surface area contributed by atoms with E-state index in [4.69, 9.17) is 5.11 Å². The fraction of sp³-hybridized carbons (Fsp3) is 0.636. The Morgan fingerprint density at radius 1 is 0.867 bits per heavy atom. The number of nitrogens with zero attached hydrogens (tertiary/aromatic N) is 4. The van der Waals surface area contributed by atoms with Gasteiger partial charge >= 0.3 is 5.97 Å². The van der Waals surface area contributed by atoms with Crippen molar-refractivity contribution < 1.29 is 19.5 Å². The third kappa shape index (κ3) is 6.43. The van der Waals surface area contributed by atoms with Gasteiger partial charge in [-0.3, -0.25) is 19.4 Å². The molecule has 2 aliphatic heterocycles. The molecule has 2 amide bonds. The zero-order chi connectivity index (χ0) is 21.3. The Morgan fingerprint density at radius 3 is 1.93 bits per heavy atom. The molecule has 0 spiro atoms. The van der Waals surface area contributed by atoms with Crippen LogP contribution in [0.1, 0.15) is 44.9 Å². The zero-order valence-electron chi connectivity index (χ0n) is 17.5. The lowest BCUT2D eigenvalue weighted by atomic mass is 9.93. The van der Waals surface area contributed by atoms with Gasteiger partial charge in [-0.1, -0.05) is 0 Å². The molecule has 0 bridgehead atoms. The van der Waals surface area contributed by atoms with Crippen molar-refractivity contribution in [3.05, 3.63) is 24.5 Å². The van der Waals surface area contributed by atoms with E-state index in [1.165, 1.54) is 0 Å². The minimum Gasteiger partial charge on any atom is -0.481 e. The monoisotopic (exact) mass is 416 g/mol. The van der Waals surface area contributed by atoms with E-state index >= 15 is 0 Å². The summed E-state index contributed by atoms with van der Waals surface area (Å²) in [6.07, 6.45) is 7.70. The average molecular weight is 417 g/mol. The number of likely N-dealkylation sites (tertiary alicyclic amines) is 1. The van der Waals surface area contributed by atoms with Crippen LogP contribution >= 0.6 is 0 Å². The van der Waals surface area contributed by atoms with Crippen molar-refractivity contribution in [3.63, 3.8) is 0 Å². The SMILES string of the molecule is O=C(O)CC1CCN(C(=O)CCCCC(=O)N2CCN(c3ccncc3)CC2)CC1. The Bertz CT molecular complexity index is 711. The smallest absolute Gasteiger partial charge is 0.303 e. The van der Waals surface area contributed by atoms with Crippen LogP contribution in [0.5, 0.6) is 0 Å². The van der Waals surface area contributed by atoms with Crippen molar-refractivity contribution in [2.75, 3.05) is 44.2 Å². The van der Waals surface area contributed by atoms with Crippen LogP contribution in [0.4, 0.5) is 5.69 Å². The van der Waals surface area contributed by atoms with Crippen molar-refractivity contribution in [2.24, 2.45) is 5.92 Å². The number of carboxylic acid groups (broad SMARTS) is 1. The second kappa shape index (κ2) is 10.9. The van der Waals surface area contributed by atoms with Crippen LogP contribution < -0.4 is 4.90 Å². The third-order valence-electron chi connectivity index (χ3n) is 6.12. The topological polar surface area (TPSA) is 94.0 Å². The summed E-state index contributed by atoms with van der Waals surface area (Å²) in [4.78, 5) is 45.7. The minimum absolute atomic E-state index is 0.127. The molecule has 2 saturated heterocycles. The molecule has 2 fully saturated rings. The highest BCUT2D eigenvalue weighted by Gasteiger charge is 2.24. The van der Waals surface area contributed by atoms with E-state index in [9.17, 15) is 14.4 Å². The average Bonchev–Trinajstić information content (AvgIpc) is 2.77. The van der Waals surface area contributed by atoms with Crippen LogP contribution in [-0.4, -0.2) is 76.9 Å². The summed E-state index contributed by atoms with van der Waals surface area (Å²) in [5.74, 6) is -0.278. The van der Waals surface area contributed by atoms with Crippen LogP contribution in [-0.2, 0) is 14.4 Å². The van der Waals surface area contributed by atoms with Gasteiger partial charge in [-0.15, -0.1) is 0 Å². The normalized spacial score (nSPS) is 17.8. The summed E-state index contributed by atoms with van der Waals surface area (Å²) in [7, 11) is 0. The number of hydrogen-bond acceptors (Lipinski definition) is 5. The van der Waals surface area contributed by atoms with Crippen LogP contribution in [0.25, 0.3) is 0 Å². The van der Waals surface area contributed by atoms with E-state index < -0.39 is 5.97 Å². The minimum atomic E-state index is -0.761. The van der Waals surface area contributed by atoms with E-state index in [1.54, 1.807) is 12.4 Å². The summed E-state index contributed by atoms with van der Waals surface area (Å²) in [6.45, 7) is 4.41. The molecule has 0 aliphatic carbocycles. The lowest BCUT2D eigenvalue weighted by Crippen LogP contribution is -2.48. The molecule has 8 nitrogen and oxygen atoms in total. The number of piperazine rings is 1. The van der Waals surface area contributed by atoms with Crippen LogP contribution in [0.15, 0.2) is 24.5 Å². The number of aromatic nitrogens is 1. The standard InChI is InChI=1S/C22H32N4O4/c27-20(25-11-7-18(8-12-25)17-22(29)30)3-1-2-4-21(28)26-15-13-24(14-16-26)19-5-9-23-10-6-19/h5-6,9-10,18H,1-4,7-8,11-17H2,(H,29,30). The number of anilines is 1. The van der Waals surface area contributed by atoms with Gasteiger partial charge in [0, 0.05) is 76.6 Å². The molecule has 0 aromatic carbocycles. The summed E-state index contributed by atoms with van der Waals surface area (Å²) in [5.41, 5.74) is 1.14.